The number of hydrogen-bond acceptors (Lipinski definition) is 2. The molecule has 4 N–H and O–H groups in total. The maximum absolute atomic E-state index is 9.96. The monoisotopic (exact) mass is 339 g/mol. The number of benzene rings is 1. The van der Waals surface area contributed by atoms with Crippen molar-refractivity contribution in [1.29, 1.82) is 0 Å². The van der Waals surface area contributed by atoms with Crippen molar-refractivity contribution in [3.63, 3.8) is 0 Å². The Balaban J connectivity index is 0.00000147. The van der Waals surface area contributed by atoms with E-state index in [0.717, 1.165) is 31.4 Å². The Bertz CT molecular complexity index is 512. The molecule has 5 heteroatoms. The van der Waals surface area contributed by atoms with Crippen molar-refractivity contribution in [1.82, 2.24) is 0 Å². The van der Waals surface area contributed by atoms with Crippen LogP contribution in [0.2, 0.25) is 0 Å². The molecule has 0 heterocycles. The smallest absolute Gasteiger partial charge is 0.193 e. The third-order valence-electron chi connectivity index (χ3n) is 4.20. The molecule has 0 amide bonds. The minimum absolute atomic E-state index is 0. The van der Waals surface area contributed by atoms with Gasteiger partial charge in [-0.25, -0.2) is 0 Å². The van der Waals surface area contributed by atoms with Crippen LogP contribution in [-0.4, -0.2) is 23.2 Å². The number of nitrogens with two attached hydrogens (primary N) is 1. The molecule has 0 saturated heterocycles. The van der Waals surface area contributed by atoms with Crippen LogP contribution in [0.3, 0.4) is 0 Å². The molecule has 4 nitrogen and oxygen atoms in total. The maximum atomic E-state index is 9.96. The van der Waals surface area contributed by atoms with Gasteiger partial charge < -0.3 is 16.2 Å². The summed E-state index contributed by atoms with van der Waals surface area (Å²) in [6.45, 7) is 0.400. The summed E-state index contributed by atoms with van der Waals surface area (Å²) in [5.41, 5.74) is 9.11. The molecule has 0 aromatic heterocycles. The highest BCUT2D eigenvalue weighted by molar-refractivity contribution is 8.93. The van der Waals surface area contributed by atoms with Crippen molar-refractivity contribution in [2.75, 3.05) is 11.9 Å². The molecule has 0 spiro atoms. The standard InChI is InChI=1S/C15H21N3O.BrH/c16-14(17-10-15(19)7-2-8-15)18-13-6-5-11-3-1-4-12(11)9-13;/h5-6,9,19H,1-4,7-8,10H2,(H3,16,17,18);1H. The fourth-order valence-corrected chi connectivity index (χ4v) is 2.81. The Hall–Kier alpha value is -1.07. The van der Waals surface area contributed by atoms with Crippen LogP contribution < -0.4 is 11.1 Å². The lowest BCUT2D eigenvalue weighted by molar-refractivity contribution is -0.0235. The normalized spacial score (nSPS) is 19.8. The Labute approximate surface area is 130 Å². The number of aliphatic imine (C=N–C) groups is 1. The van der Waals surface area contributed by atoms with E-state index in [0.29, 0.717) is 12.5 Å². The lowest BCUT2D eigenvalue weighted by Crippen LogP contribution is -2.41. The van der Waals surface area contributed by atoms with Crippen LogP contribution >= 0.6 is 17.0 Å². The maximum Gasteiger partial charge on any atom is 0.193 e. The highest BCUT2D eigenvalue weighted by Crippen LogP contribution is 2.31. The predicted molar refractivity (Wildman–Crippen MR) is 87.7 cm³/mol. The molecule has 1 saturated carbocycles. The molecular weight excluding hydrogens is 318 g/mol. The van der Waals surface area contributed by atoms with E-state index in [1.54, 1.807) is 0 Å². The van der Waals surface area contributed by atoms with Crippen molar-refractivity contribution in [2.24, 2.45) is 10.7 Å². The number of aliphatic hydroxyl groups is 1. The molecule has 2 aliphatic carbocycles. The second kappa shape index (κ2) is 6.14. The first-order valence-corrected chi connectivity index (χ1v) is 7.06. The third-order valence-corrected chi connectivity index (χ3v) is 4.20. The van der Waals surface area contributed by atoms with E-state index in [1.165, 1.54) is 24.0 Å². The van der Waals surface area contributed by atoms with Gasteiger partial charge in [-0.2, -0.15) is 0 Å². The lowest BCUT2D eigenvalue weighted by atomic mass is 9.80. The van der Waals surface area contributed by atoms with Crippen LogP contribution in [0.15, 0.2) is 23.2 Å². The molecular formula is C15H22BrN3O. The summed E-state index contributed by atoms with van der Waals surface area (Å²) in [6, 6.07) is 6.37. The minimum Gasteiger partial charge on any atom is -0.388 e. The van der Waals surface area contributed by atoms with Gasteiger partial charge in [0.1, 0.15) is 0 Å². The number of halogens is 1. The van der Waals surface area contributed by atoms with Gasteiger partial charge in [0.15, 0.2) is 5.96 Å². The van der Waals surface area contributed by atoms with Crippen LogP contribution in [0, 0.1) is 0 Å². The highest BCUT2D eigenvalue weighted by atomic mass is 79.9. The summed E-state index contributed by atoms with van der Waals surface area (Å²) in [5, 5.41) is 13.1. The molecule has 0 radical (unpaired) electrons. The average molecular weight is 340 g/mol. The van der Waals surface area contributed by atoms with Crippen LogP contribution in [0.5, 0.6) is 0 Å². The molecule has 1 aromatic carbocycles. The van der Waals surface area contributed by atoms with Crippen LogP contribution in [-0.2, 0) is 12.8 Å². The number of nitrogens with one attached hydrogen (secondary N) is 1. The molecule has 0 unspecified atom stereocenters. The van der Waals surface area contributed by atoms with E-state index in [4.69, 9.17) is 5.73 Å². The van der Waals surface area contributed by atoms with Crippen molar-refractivity contribution >= 4 is 28.6 Å². The first-order chi connectivity index (χ1) is 9.15. The summed E-state index contributed by atoms with van der Waals surface area (Å²) in [5.74, 6) is 0.387. The molecule has 3 rings (SSSR count). The van der Waals surface area contributed by atoms with E-state index in [1.807, 2.05) is 6.07 Å². The topological polar surface area (TPSA) is 70.6 Å². The second-order valence-corrected chi connectivity index (χ2v) is 5.74. The molecule has 110 valence electrons. The number of hydrogen-bond donors (Lipinski definition) is 3. The fourth-order valence-electron chi connectivity index (χ4n) is 2.81. The lowest BCUT2D eigenvalue weighted by Gasteiger charge is -2.34. The first-order valence-electron chi connectivity index (χ1n) is 7.06. The van der Waals surface area contributed by atoms with Gasteiger partial charge >= 0.3 is 0 Å². The zero-order valence-corrected chi connectivity index (χ0v) is 13.3. The van der Waals surface area contributed by atoms with Gasteiger partial charge in [-0.1, -0.05) is 6.07 Å². The number of anilines is 1. The molecule has 0 bridgehead atoms. The average Bonchev–Trinajstić information content (AvgIpc) is 2.81. The zero-order valence-electron chi connectivity index (χ0n) is 11.6. The van der Waals surface area contributed by atoms with E-state index in [9.17, 15) is 5.11 Å². The molecule has 1 fully saturated rings. The number of aryl methyl sites for hydroxylation is 2. The summed E-state index contributed by atoms with van der Waals surface area (Å²) in [7, 11) is 0. The van der Waals surface area contributed by atoms with Gasteiger partial charge in [-0.3, -0.25) is 4.99 Å². The van der Waals surface area contributed by atoms with Crippen LogP contribution in [0.25, 0.3) is 0 Å². The molecule has 0 aliphatic heterocycles. The number of guanidine groups is 1. The van der Waals surface area contributed by atoms with Gasteiger partial charge in [0, 0.05) is 5.69 Å². The Kier molecular flexibility index (Phi) is 4.70. The number of rotatable bonds is 3. The van der Waals surface area contributed by atoms with Gasteiger partial charge in [-0.15, -0.1) is 17.0 Å². The summed E-state index contributed by atoms with van der Waals surface area (Å²) in [6.07, 6.45) is 6.35. The number of fused-ring (bicyclic) bond motifs is 1. The van der Waals surface area contributed by atoms with Gasteiger partial charge in [0.25, 0.3) is 0 Å². The largest absolute Gasteiger partial charge is 0.388 e. The van der Waals surface area contributed by atoms with Crippen molar-refractivity contribution < 1.29 is 5.11 Å². The van der Waals surface area contributed by atoms with Gasteiger partial charge in [0.2, 0.25) is 0 Å². The van der Waals surface area contributed by atoms with Gasteiger partial charge in [-0.05, 0) is 61.8 Å². The summed E-state index contributed by atoms with van der Waals surface area (Å²) < 4.78 is 0. The molecule has 0 atom stereocenters. The SMILES string of the molecule is Br.NC(=NCC1(O)CCC1)Nc1ccc2c(c1)CCC2. The van der Waals surface area contributed by atoms with E-state index in [2.05, 4.69) is 22.4 Å². The predicted octanol–water partition coefficient (Wildman–Crippen LogP) is 2.39. The Morgan fingerprint density at radius 2 is 2.00 bits per heavy atom. The zero-order chi connectivity index (χ0) is 13.3. The van der Waals surface area contributed by atoms with Crippen molar-refractivity contribution in [3.8, 4) is 0 Å². The van der Waals surface area contributed by atoms with Crippen LogP contribution in [0.4, 0.5) is 5.69 Å². The highest BCUT2D eigenvalue weighted by Gasteiger charge is 2.33. The molecule has 1 aromatic rings. The number of nitrogens with zero attached hydrogens (tertiary/aromatic N) is 1. The molecule has 20 heavy (non-hydrogen) atoms. The summed E-state index contributed by atoms with van der Waals surface area (Å²) in [4.78, 5) is 4.24. The Morgan fingerprint density at radius 3 is 2.70 bits per heavy atom. The van der Waals surface area contributed by atoms with Gasteiger partial charge in [0.05, 0.1) is 12.1 Å². The van der Waals surface area contributed by atoms with E-state index < -0.39 is 5.60 Å². The van der Waals surface area contributed by atoms with Crippen molar-refractivity contribution in [2.45, 2.75) is 44.1 Å². The second-order valence-electron chi connectivity index (χ2n) is 5.74. The quantitative estimate of drug-likeness (QED) is 0.585. The van der Waals surface area contributed by atoms with E-state index >= 15 is 0 Å². The third kappa shape index (κ3) is 3.33. The fraction of sp³-hybridized carbons (Fsp3) is 0.533. The first kappa shape index (κ1) is 15.3. The Morgan fingerprint density at radius 1 is 1.25 bits per heavy atom. The molecule has 2 aliphatic rings. The summed E-state index contributed by atoms with van der Waals surface area (Å²) >= 11 is 0. The van der Waals surface area contributed by atoms with Crippen molar-refractivity contribution in [3.05, 3.63) is 29.3 Å². The van der Waals surface area contributed by atoms with Crippen LogP contribution in [0.1, 0.15) is 36.8 Å². The minimum atomic E-state index is -0.607. The van der Waals surface area contributed by atoms with E-state index in [-0.39, 0.29) is 17.0 Å².